The van der Waals surface area contributed by atoms with Gasteiger partial charge in [-0.15, -0.1) is 0 Å². The Labute approximate surface area is 206 Å². The molecule has 2 aromatic carbocycles. The fraction of sp³-hybridized carbons (Fsp3) is 0.440. The van der Waals surface area contributed by atoms with Crippen LogP contribution in [0.15, 0.2) is 42.5 Å². The minimum Gasteiger partial charge on any atom is -0.350 e. The zero-order chi connectivity index (χ0) is 26.6. The van der Waals surface area contributed by atoms with Gasteiger partial charge in [0.2, 0.25) is 21.8 Å². The molecule has 0 aliphatic heterocycles. The van der Waals surface area contributed by atoms with E-state index in [1.807, 2.05) is 52.0 Å². The lowest BCUT2D eigenvalue weighted by molar-refractivity contribution is -0.141. The predicted octanol–water partition coefficient (Wildman–Crippen LogP) is 3.76. The summed E-state index contributed by atoms with van der Waals surface area (Å²) in [5.74, 6) is -3.41. The van der Waals surface area contributed by atoms with E-state index in [0.29, 0.717) is 4.31 Å². The highest BCUT2D eigenvalue weighted by Crippen LogP contribution is 2.22. The van der Waals surface area contributed by atoms with Gasteiger partial charge in [-0.3, -0.25) is 13.9 Å². The number of nitrogens with one attached hydrogen (secondary N) is 1. The van der Waals surface area contributed by atoms with E-state index in [2.05, 4.69) is 5.32 Å². The Morgan fingerprint density at radius 2 is 1.63 bits per heavy atom. The van der Waals surface area contributed by atoms with Gasteiger partial charge in [-0.1, -0.05) is 36.8 Å². The number of carbonyl (C=O) groups excluding carboxylic acids is 2. The second kappa shape index (κ2) is 11.2. The molecule has 0 aromatic heterocycles. The highest BCUT2D eigenvalue weighted by Gasteiger charge is 2.33. The molecular weight excluding hydrogens is 476 g/mol. The largest absolute Gasteiger partial charge is 0.350 e. The van der Waals surface area contributed by atoms with Crippen molar-refractivity contribution >= 4 is 27.5 Å². The maximum Gasteiger partial charge on any atom is 0.244 e. The average molecular weight is 510 g/mol. The zero-order valence-electron chi connectivity index (χ0n) is 20.9. The summed E-state index contributed by atoms with van der Waals surface area (Å²) < 4.78 is 53.0. The minimum atomic E-state index is -4.04. The molecule has 1 atom stereocenters. The summed E-state index contributed by atoms with van der Waals surface area (Å²) in [6, 6.07) is 9.12. The third kappa shape index (κ3) is 8.02. The first-order valence-electron chi connectivity index (χ1n) is 11.2. The number of sulfonamides is 1. The van der Waals surface area contributed by atoms with Gasteiger partial charge in [0.1, 0.15) is 12.6 Å². The Kier molecular flexibility index (Phi) is 9.00. The van der Waals surface area contributed by atoms with E-state index in [1.54, 1.807) is 6.92 Å². The lowest BCUT2D eigenvalue weighted by Gasteiger charge is -2.34. The topological polar surface area (TPSA) is 86.8 Å². The normalized spacial score (nSPS) is 12.7. The van der Waals surface area contributed by atoms with Gasteiger partial charge in [0.25, 0.3) is 0 Å². The smallest absolute Gasteiger partial charge is 0.244 e. The fourth-order valence-electron chi connectivity index (χ4n) is 3.52. The second-order valence-electron chi connectivity index (χ2n) is 9.54. The van der Waals surface area contributed by atoms with Gasteiger partial charge in [0.05, 0.1) is 11.9 Å². The quantitative estimate of drug-likeness (QED) is 0.558. The Balaban J connectivity index is 2.47. The maximum absolute atomic E-state index is 13.8. The fourth-order valence-corrected chi connectivity index (χ4v) is 4.36. The zero-order valence-corrected chi connectivity index (χ0v) is 21.7. The van der Waals surface area contributed by atoms with E-state index in [0.717, 1.165) is 35.6 Å². The molecule has 0 bridgehead atoms. The monoisotopic (exact) mass is 509 g/mol. The molecule has 192 valence electrons. The minimum absolute atomic E-state index is 0.0601. The Hall–Kier alpha value is -3.01. The highest BCUT2D eigenvalue weighted by molar-refractivity contribution is 7.92. The summed E-state index contributed by atoms with van der Waals surface area (Å²) in [7, 11) is -4.04. The van der Waals surface area contributed by atoms with Crippen molar-refractivity contribution in [1.29, 1.82) is 0 Å². The van der Waals surface area contributed by atoms with Gasteiger partial charge in [-0.2, -0.15) is 0 Å². The van der Waals surface area contributed by atoms with Gasteiger partial charge in [0.15, 0.2) is 11.6 Å². The standard InChI is InChI=1S/C25H33F2N3O4S/c1-7-22(24(32)28-25(3,4)5)29(15-18-10-8-17(2)9-11-18)23(31)16-30(35(6,33)34)19-12-13-20(26)21(27)14-19/h8-14,22H,7,15-16H2,1-6H3,(H,28,32)/t22-/m0/s1. The SMILES string of the molecule is CC[C@@H](C(=O)NC(C)(C)C)N(Cc1ccc(C)cc1)C(=O)CN(c1ccc(F)c(F)c1)S(C)(=O)=O. The molecule has 0 radical (unpaired) electrons. The molecule has 2 amide bonds. The number of hydrogen-bond donors (Lipinski definition) is 1. The van der Waals surface area contributed by atoms with Crippen molar-refractivity contribution < 1.29 is 26.8 Å². The van der Waals surface area contributed by atoms with E-state index in [-0.39, 0.29) is 24.6 Å². The van der Waals surface area contributed by atoms with Crippen LogP contribution in [0.1, 0.15) is 45.2 Å². The summed E-state index contributed by atoms with van der Waals surface area (Å²) in [5, 5.41) is 2.87. The van der Waals surface area contributed by atoms with Gasteiger partial charge in [0, 0.05) is 18.2 Å². The number of halogens is 2. The third-order valence-electron chi connectivity index (χ3n) is 5.23. The molecule has 2 aromatic rings. The molecule has 1 N–H and O–H groups in total. The summed E-state index contributed by atoms with van der Waals surface area (Å²) in [4.78, 5) is 27.9. The van der Waals surface area contributed by atoms with Crippen LogP contribution in [0.4, 0.5) is 14.5 Å². The predicted molar refractivity (Wildman–Crippen MR) is 132 cm³/mol. The number of hydrogen-bond acceptors (Lipinski definition) is 4. The van der Waals surface area contributed by atoms with Crippen molar-refractivity contribution in [1.82, 2.24) is 10.2 Å². The molecule has 0 aliphatic carbocycles. The number of benzene rings is 2. The van der Waals surface area contributed by atoms with Crippen LogP contribution in [0.5, 0.6) is 0 Å². The van der Waals surface area contributed by atoms with Crippen LogP contribution in [0.3, 0.4) is 0 Å². The number of amides is 2. The summed E-state index contributed by atoms with van der Waals surface area (Å²) >= 11 is 0. The van der Waals surface area contributed by atoms with Crippen LogP contribution < -0.4 is 9.62 Å². The first kappa shape index (κ1) is 28.2. The van der Waals surface area contributed by atoms with Crippen molar-refractivity contribution in [3.05, 3.63) is 65.2 Å². The summed E-state index contributed by atoms with van der Waals surface area (Å²) in [6.07, 6.45) is 1.15. The number of aryl methyl sites for hydroxylation is 1. The van der Waals surface area contributed by atoms with Crippen molar-refractivity contribution in [2.75, 3.05) is 17.1 Å². The van der Waals surface area contributed by atoms with Crippen LogP contribution >= 0.6 is 0 Å². The molecule has 10 heteroatoms. The van der Waals surface area contributed by atoms with E-state index >= 15 is 0 Å². The molecule has 0 heterocycles. The van der Waals surface area contributed by atoms with Crippen LogP contribution in [-0.4, -0.2) is 49.5 Å². The molecular formula is C25H33F2N3O4S. The lowest BCUT2D eigenvalue weighted by Crippen LogP contribution is -2.55. The number of anilines is 1. The number of carbonyl (C=O) groups is 2. The Morgan fingerprint density at radius 1 is 1.03 bits per heavy atom. The molecule has 0 unspecified atom stereocenters. The van der Waals surface area contributed by atoms with Crippen LogP contribution in [0.2, 0.25) is 0 Å². The van der Waals surface area contributed by atoms with Gasteiger partial charge >= 0.3 is 0 Å². The van der Waals surface area contributed by atoms with Gasteiger partial charge in [-0.25, -0.2) is 17.2 Å². The van der Waals surface area contributed by atoms with Crippen molar-refractivity contribution in [3.8, 4) is 0 Å². The highest BCUT2D eigenvalue weighted by atomic mass is 32.2. The van der Waals surface area contributed by atoms with E-state index < -0.39 is 45.7 Å². The van der Waals surface area contributed by atoms with Crippen molar-refractivity contribution in [3.63, 3.8) is 0 Å². The van der Waals surface area contributed by atoms with E-state index in [9.17, 15) is 26.8 Å². The van der Waals surface area contributed by atoms with E-state index in [1.165, 1.54) is 4.90 Å². The number of nitrogens with zero attached hydrogens (tertiary/aromatic N) is 2. The third-order valence-corrected chi connectivity index (χ3v) is 6.37. The van der Waals surface area contributed by atoms with Crippen LogP contribution in [0, 0.1) is 18.6 Å². The van der Waals surface area contributed by atoms with Gasteiger partial charge in [-0.05, 0) is 51.8 Å². The Morgan fingerprint density at radius 3 is 2.11 bits per heavy atom. The van der Waals surface area contributed by atoms with Gasteiger partial charge < -0.3 is 10.2 Å². The molecule has 35 heavy (non-hydrogen) atoms. The molecule has 0 aliphatic rings. The van der Waals surface area contributed by atoms with Crippen LogP contribution in [0.25, 0.3) is 0 Å². The van der Waals surface area contributed by atoms with E-state index in [4.69, 9.17) is 0 Å². The average Bonchev–Trinajstić information content (AvgIpc) is 2.73. The summed E-state index contributed by atoms with van der Waals surface area (Å²) in [5.41, 5.74) is 1.03. The molecule has 0 spiro atoms. The first-order valence-corrected chi connectivity index (χ1v) is 13.1. The molecule has 0 fully saturated rings. The second-order valence-corrected chi connectivity index (χ2v) is 11.4. The first-order chi connectivity index (χ1) is 16.1. The number of rotatable bonds is 9. The summed E-state index contributed by atoms with van der Waals surface area (Å²) in [6.45, 7) is 8.50. The molecule has 0 saturated heterocycles. The molecule has 2 rings (SSSR count). The van der Waals surface area contributed by atoms with Crippen molar-refractivity contribution in [2.24, 2.45) is 0 Å². The maximum atomic E-state index is 13.8. The Bertz CT molecular complexity index is 1160. The molecule has 7 nitrogen and oxygen atoms in total. The lowest BCUT2D eigenvalue weighted by atomic mass is 10.1. The molecule has 0 saturated carbocycles. The van der Waals surface area contributed by atoms with Crippen LogP contribution in [-0.2, 0) is 26.2 Å². The van der Waals surface area contributed by atoms with Crippen molar-refractivity contribution in [2.45, 2.75) is 59.2 Å².